The molecule has 0 saturated heterocycles. The molecule has 0 unspecified atom stereocenters. The first-order chi connectivity index (χ1) is 10.4. The molecule has 0 radical (unpaired) electrons. The SMILES string of the molecule is O=C(Cc1ccc(C(F)(F)F)cc1)N1CCc2[nH]ncc2C1. The van der Waals surface area contributed by atoms with Crippen LogP contribution in [0.5, 0.6) is 0 Å². The van der Waals surface area contributed by atoms with Crippen molar-refractivity contribution in [1.82, 2.24) is 15.1 Å². The van der Waals surface area contributed by atoms with Crippen LogP contribution in [0.4, 0.5) is 13.2 Å². The van der Waals surface area contributed by atoms with E-state index in [-0.39, 0.29) is 12.3 Å². The van der Waals surface area contributed by atoms with Gasteiger partial charge in [0.25, 0.3) is 0 Å². The van der Waals surface area contributed by atoms with Gasteiger partial charge in [0.2, 0.25) is 5.91 Å². The smallest absolute Gasteiger partial charge is 0.338 e. The number of rotatable bonds is 2. The standard InChI is InChI=1S/C15H14F3N3O/c16-15(17,18)12-3-1-10(2-4-12)7-14(22)21-6-5-13-11(9-21)8-19-20-13/h1-4,8H,5-7,9H2,(H,19,20). The zero-order chi connectivity index (χ0) is 15.7. The van der Waals surface area contributed by atoms with E-state index in [4.69, 9.17) is 0 Å². The summed E-state index contributed by atoms with van der Waals surface area (Å²) in [6.45, 7) is 1.08. The molecule has 0 aliphatic carbocycles. The normalized spacial score (nSPS) is 14.8. The van der Waals surface area contributed by atoms with E-state index in [2.05, 4.69) is 10.2 Å². The van der Waals surface area contributed by atoms with Crippen LogP contribution < -0.4 is 0 Å². The van der Waals surface area contributed by atoms with Gasteiger partial charge in [0, 0.05) is 30.8 Å². The second-order valence-corrected chi connectivity index (χ2v) is 5.31. The number of carbonyl (C=O) groups is 1. The maximum absolute atomic E-state index is 12.5. The van der Waals surface area contributed by atoms with E-state index in [1.54, 1.807) is 11.1 Å². The summed E-state index contributed by atoms with van der Waals surface area (Å²) in [4.78, 5) is 14.0. The molecule has 7 heteroatoms. The van der Waals surface area contributed by atoms with Crippen molar-refractivity contribution in [2.24, 2.45) is 0 Å². The number of carbonyl (C=O) groups excluding carboxylic acids is 1. The van der Waals surface area contributed by atoms with Crippen LogP contribution in [0.1, 0.15) is 22.4 Å². The first-order valence-electron chi connectivity index (χ1n) is 6.88. The van der Waals surface area contributed by atoms with Crippen LogP contribution in [-0.2, 0) is 30.4 Å². The van der Waals surface area contributed by atoms with Gasteiger partial charge < -0.3 is 4.90 Å². The molecule has 3 rings (SSSR count). The van der Waals surface area contributed by atoms with Crippen LogP contribution in [0.25, 0.3) is 0 Å². The van der Waals surface area contributed by atoms with Crippen molar-refractivity contribution in [2.75, 3.05) is 6.54 Å². The van der Waals surface area contributed by atoms with Gasteiger partial charge in [-0.3, -0.25) is 9.89 Å². The number of benzene rings is 1. The van der Waals surface area contributed by atoms with Gasteiger partial charge in [0.15, 0.2) is 0 Å². The Morgan fingerprint density at radius 1 is 1.27 bits per heavy atom. The minimum absolute atomic E-state index is 0.0911. The molecule has 0 spiro atoms. The summed E-state index contributed by atoms with van der Waals surface area (Å²) < 4.78 is 37.5. The number of alkyl halides is 3. The fourth-order valence-corrected chi connectivity index (χ4v) is 2.53. The third kappa shape index (κ3) is 2.98. The third-order valence-electron chi connectivity index (χ3n) is 3.79. The monoisotopic (exact) mass is 309 g/mol. The van der Waals surface area contributed by atoms with Crippen LogP contribution in [0.2, 0.25) is 0 Å². The fourth-order valence-electron chi connectivity index (χ4n) is 2.53. The summed E-state index contributed by atoms with van der Waals surface area (Å²) in [5, 5.41) is 6.84. The molecule has 2 heterocycles. The minimum atomic E-state index is -4.35. The molecule has 4 nitrogen and oxygen atoms in total. The Morgan fingerprint density at radius 2 is 2.00 bits per heavy atom. The summed E-state index contributed by atoms with van der Waals surface area (Å²) in [5.74, 6) is -0.0911. The van der Waals surface area contributed by atoms with Gasteiger partial charge in [-0.25, -0.2) is 0 Å². The van der Waals surface area contributed by atoms with E-state index >= 15 is 0 Å². The van der Waals surface area contributed by atoms with Gasteiger partial charge in [-0.15, -0.1) is 0 Å². The summed E-state index contributed by atoms with van der Waals surface area (Å²) in [6.07, 6.45) is -1.83. The highest BCUT2D eigenvalue weighted by Crippen LogP contribution is 2.29. The Bertz CT molecular complexity index is 676. The molecule has 1 aliphatic rings. The Balaban J connectivity index is 1.65. The lowest BCUT2D eigenvalue weighted by atomic mass is 10.1. The highest BCUT2D eigenvalue weighted by Gasteiger charge is 2.30. The minimum Gasteiger partial charge on any atom is -0.338 e. The maximum Gasteiger partial charge on any atom is 0.416 e. The lowest BCUT2D eigenvalue weighted by Crippen LogP contribution is -2.36. The number of amides is 1. The summed E-state index contributed by atoms with van der Waals surface area (Å²) in [7, 11) is 0. The molecule has 2 aromatic rings. The van der Waals surface area contributed by atoms with Crippen LogP contribution in [0.15, 0.2) is 30.5 Å². The van der Waals surface area contributed by atoms with Crippen molar-refractivity contribution >= 4 is 5.91 Å². The number of hydrogen-bond donors (Lipinski definition) is 1. The summed E-state index contributed by atoms with van der Waals surface area (Å²) >= 11 is 0. The van der Waals surface area contributed by atoms with Gasteiger partial charge in [-0.05, 0) is 17.7 Å². The molecule has 0 atom stereocenters. The molecule has 1 aromatic carbocycles. The molecular weight excluding hydrogens is 295 g/mol. The van der Waals surface area contributed by atoms with Crippen LogP contribution in [0, 0.1) is 0 Å². The zero-order valence-corrected chi connectivity index (χ0v) is 11.7. The predicted molar refractivity (Wildman–Crippen MR) is 72.9 cm³/mol. The maximum atomic E-state index is 12.5. The van der Waals surface area contributed by atoms with Crippen LogP contribution in [-0.4, -0.2) is 27.5 Å². The van der Waals surface area contributed by atoms with Gasteiger partial charge in [0.05, 0.1) is 18.2 Å². The van der Waals surface area contributed by atoms with Gasteiger partial charge >= 0.3 is 6.18 Å². The topological polar surface area (TPSA) is 49.0 Å². The van der Waals surface area contributed by atoms with E-state index in [1.165, 1.54) is 12.1 Å². The average Bonchev–Trinajstić information content (AvgIpc) is 2.94. The van der Waals surface area contributed by atoms with Crippen molar-refractivity contribution in [3.63, 3.8) is 0 Å². The van der Waals surface area contributed by atoms with E-state index in [0.717, 1.165) is 23.4 Å². The van der Waals surface area contributed by atoms with Crippen LogP contribution >= 0.6 is 0 Å². The first kappa shape index (κ1) is 14.6. The second kappa shape index (κ2) is 5.47. The molecule has 0 fully saturated rings. The summed E-state index contributed by atoms with van der Waals surface area (Å²) in [5.41, 5.74) is 1.91. The number of nitrogens with one attached hydrogen (secondary N) is 1. The van der Waals surface area contributed by atoms with E-state index in [0.29, 0.717) is 25.1 Å². The molecule has 1 aromatic heterocycles. The van der Waals surface area contributed by atoms with Crippen molar-refractivity contribution in [2.45, 2.75) is 25.6 Å². The number of halogens is 3. The number of aromatic nitrogens is 2. The van der Waals surface area contributed by atoms with Crippen molar-refractivity contribution < 1.29 is 18.0 Å². The fraction of sp³-hybridized carbons (Fsp3) is 0.333. The highest BCUT2D eigenvalue weighted by molar-refractivity contribution is 5.79. The molecule has 1 N–H and O–H groups in total. The van der Waals surface area contributed by atoms with Crippen molar-refractivity contribution in [3.8, 4) is 0 Å². The number of nitrogens with zero attached hydrogens (tertiary/aromatic N) is 2. The Kier molecular flexibility index (Phi) is 3.64. The van der Waals surface area contributed by atoms with Crippen molar-refractivity contribution in [1.29, 1.82) is 0 Å². The van der Waals surface area contributed by atoms with Gasteiger partial charge in [-0.1, -0.05) is 12.1 Å². The number of hydrogen-bond acceptors (Lipinski definition) is 2. The molecule has 0 saturated carbocycles. The Labute approximate surface area is 124 Å². The lowest BCUT2D eigenvalue weighted by Gasteiger charge is -2.26. The van der Waals surface area contributed by atoms with Gasteiger partial charge in [-0.2, -0.15) is 18.3 Å². The number of fused-ring (bicyclic) bond motifs is 1. The highest BCUT2D eigenvalue weighted by atomic mass is 19.4. The van der Waals surface area contributed by atoms with Crippen molar-refractivity contribution in [3.05, 3.63) is 52.8 Å². The first-order valence-corrected chi connectivity index (χ1v) is 6.88. The zero-order valence-electron chi connectivity index (χ0n) is 11.7. The van der Waals surface area contributed by atoms with Crippen LogP contribution in [0.3, 0.4) is 0 Å². The number of H-pyrrole nitrogens is 1. The predicted octanol–water partition coefficient (Wildman–Crippen LogP) is 2.56. The molecular formula is C15H14F3N3O. The molecule has 1 aliphatic heterocycles. The van der Waals surface area contributed by atoms with E-state index in [9.17, 15) is 18.0 Å². The molecule has 1 amide bonds. The van der Waals surface area contributed by atoms with Gasteiger partial charge in [0.1, 0.15) is 0 Å². The second-order valence-electron chi connectivity index (χ2n) is 5.31. The molecule has 22 heavy (non-hydrogen) atoms. The average molecular weight is 309 g/mol. The quantitative estimate of drug-likeness (QED) is 0.927. The summed E-state index contributed by atoms with van der Waals surface area (Å²) in [6, 6.07) is 4.72. The third-order valence-corrected chi connectivity index (χ3v) is 3.79. The molecule has 0 bridgehead atoms. The number of aromatic amines is 1. The largest absolute Gasteiger partial charge is 0.416 e. The van der Waals surface area contributed by atoms with E-state index < -0.39 is 11.7 Å². The lowest BCUT2D eigenvalue weighted by molar-refractivity contribution is -0.137. The Morgan fingerprint density at radius 3 is 2.68 bits per heavy atom. The molecule has 116 valence electrons. The Hall–Kier alpha value is -2.31. The van der Waals surface area contributed by atoms with E-state index in [1.807, 2.05) is 0 Å².